The van der Waals surface area contributed by atoms with Crippen LogP contribution >= 0.6 is 0 Å². The fraction of sp³-hybridized carbons (Fsp3) is 0.611. The van der Waals surface area contributed by atoms with Crippen LogP contribution in [0.3, 0.4) is 0 Å². The Bertz CT molecular complexity index is 573. The maximum Gasteiger partial charge on any atom is 0.280 e. The number of hydrogen-bond acceptors (Lipinski definition) is 3. The van der Waals surface area contributed by atoms with Crippen LogP contribution in [0.4, 0.5) is 0 Å². The van der Waals surface area contributed by atoms with Crippen molar-refractivity contribution in [1.82, 2.24) is 4.90 Å². The number of rotatable bonds is 3. The molecule has 1 aromatic carbocycles. The van der Waals surface area contributed by atoms with Gasteiger partial charge in [-0.25, -0.2) is 0 Å². The molecule has 1 unspecified atom stereocenters. The van der Waals surface area contributed by atoms with Crippen LogP contribution in [0, 0.1) is 0 Å². The quantitative estimate of drug-likeness (QED) is 0.905. The third-order valence-electron chi connectivity index (χ3n) is 4.95. The maximum absolute atomic E-state index is 12.3. The van der Waals surface area contributed by atoms with E-state index in [2.05, 4.69) is 12.1 Å². The lowest BCUT2D eigenvalue weighted by atomic mass is 10.0. The van der Waals surface area contributed by atoms with E-state index in [1.54, 1.807) is 4.90 Å². The predicted octanol–water partition coefficient (Wildman–Crippen LogP) is 1.04. The number of nitrogens with one attached hydrogen (secondary N) is 1. The van der Waals surface area contributed by atoms with Gasteiger partial charge in [0.25, 0.3) is 5.91 Å². The molecule has 5 nitrogen and oxygen atoms in total. The Morgan fingerprint density at radius 2 is 1.96 bits per heavy atom. The van der Waals surface area contributed by atoms with Gasteiger partial charge < -0.3 is 19.3 Å². The molecular formula is C18H27N2O3+. The molecule has 126 valence electrons. The molecule has 1 fully saturated rings. The molecule has 3 rings (SSSR count). The first-order valence-electron chi connectivity index (χ1n) is 8.54. The topological polar surface area (TPSA) is 43.2 Å². The van der Waals surface area contributed by atoms with Crippen molar-refractivity contribution in [3.8, 4) is 11.5 Å². The van der Waals surface area contributed by atoms with E-state index in [4.69, 9.17) is 9.47 Å². The summed E-state index contributed by atoms with van der Waals surface area (Å²) in [5.41, 5.74) is 1.25. The summed E-state index contributed by atoms with van der Waals surface area (Å²) in [4.78, 5) is 15.4. The summed E-state index contributed by atoms with van der Waals surface area (Å²) in [6.45, 7) is 4.49. The SMILES string of the molecule is C[C@H](C(=O)N(C)C)[NH+]1CCC[C@@H]1c1ccc2c(c1)OCCCO2. The van der Waals surface area contributed by atoms with Crippen LogP contribution in [-0.4, -0.2) is 50.7 Å². The van der Waals surface area contributed by atoms with Crippen LogP contribution in [0.25, 0.3) is 0 Å². The second-order valence-corrected chi connectivity index (χ2v) is 6.73. The average Bonchev–Trinajstić information content (AvgIpc) is 2.91. The van der Waals surface area contributed by atoms with Gasteiger partial charge in [0, 0.05) is 38.9 Å². The monoisotopic (exact) mass is 319 g/mol. The largest absolute Gasteiger partial charge is 0.490 e. The van der Waals surface area contributed by atoms with E-state index in [-0.39, 0.29) is 11.9 Å². The molecule has 0 saturated carbocycles. The number of fused-ring (bicyclic) bond motifs is 1. The zero-order valence-corrected chi connectivity index (χ0v) is 14.3. The van der Waals surface area contributed by atoms with Crippen molar-refractivity contribution in [2.45, 2.75) is 38.3 Å². The molecule has 0 spiro atoms. The lowest BCUT2D eigenvalue weighted by Gasteiger charge is -2.29. The van der Waals surface area contributed by atoms with Gasteiger partial charge in [-0.2, -0.15) is 0 Å². The van der Waals surface area contributed by atoms with Crippen LogP contribution in [0.2, 0.25) is 0 Å². The van der Waals surface area contributed by atoms with Crippen molar-refractivity contribution in [2.75, 3.05) is 33.9 Å². The van der Waals surface area contributed by atoms with Gasteiger partial charge in [-0.3, -0.25) is 4.79 Å². The summed E-state index contributed by atoms with van der Waals surface area (Å²) in [6.07, 6.45) is 3.18. The number of benzene rings is 1. The molecule has 0 bridgehead atoms. The third-order valence-corrected chi connectivity index (χ3v) is 4.95. The highest BCUT2D eigenvalue weighted by atomic mass is 16.5. The highest BCUT2D eigenvalue weighted by Gasteiger charge is 2.38. The number of likely N-dealkylation sites (N-methyl/N-ethyl adjacent to an activating group) is 1. The number of nitrogens with zero attached hydrogens (tertiary/aromatic N) is 1. The van der Waals surface area contributed by atoms with Gasteiger partial charge >= 0.3 is 0 Å². The molecule has 1 aromatic rings. The van der Waals surface area contributed by atoms with Crippen molar-refractivity contribution < 1.29 is 19.2 Å². The van der Waals surface area contributed by atoms with E-state index >= 15 is 0 Å². The highest BCUT2D eigenvalue weighted by molar-refractivity contribution is 5.79. The van der Waals surface area contributed by atoms with E-state index < -0.39 is 0 Å². The van der Waals surface area contributed by atoms with E-state index in [0.29, 0.717) is 19.3 Å². The Balaban J connectivity index is 1.82. The van der Waals surface area contributed by atoms with Crippen molar-refractivity contribution >= 4 is 5.91 Å². The zero-order chi connectivity index (χ0) is 16.4. The summed E-state index contributed by atoms with van der Waals surface area (Å²) in [5.74, 6) is 1.88. The van der Waals surface area contributed by atoms with E-state index in [1.165, 1.54) is 10.5 Å². The normalized spacial score (nSPS) is 24.8. The molecule has 1 amide bonds. The number of quaternary nitrogens is 1. The van der Waals surface area contributed by atoms with E-state index in [9.17, 15) is 4.79 Å². The van der Waals surface area contributed by atoms with Crippen molar-refractivity contribution in [1.29, 1.82) is 0 Å². The number of carbonyl (C=O) groups excluding carboxylic acids is 1. The summed E-state index contributed by atoms with van der Waals surface area (Å²) >= 11 is 0. The molecule has 0 aliphatic carbocycles. The van der Waals surface area contributed by atoms with Crippen LogP contribution in [0.5, 0.6) is 11.5 Å². The summed E-state index contributed by atoms with van der Waals surface area (Å²) in [5, 5.41) is 0. The first-order valence-corrected chi connectivity index (χ1v) is 8.54. The number of carbonyl (C=O) groups is 1. The van der Waals surface area contributed by atoms with Gasteiger partial charge in [-0.05, 0) is 25.1 Å². The molecular weight excluding hydrogens is 292 g/mol. The lowest BCUT2D eigenvalue weighted by Crippen LogP contribution is -3.15. The molecule has 5 heteroatoms. The summed E-state index contributed by atoms with van der Waals surface area (Å²) in [6, 6.07) is 6.60. The third kappa shape index (κ3) is 3.29. The molecule has 23 heavy (non-hydrogen) atoms. The minimum absolute atomic E-state index is 0.0199. The van der Waals surface area contributed by atoms with E-state index in [0.717, 1.165) is 37.3 Å². The number of likely N-dealkylation sites (tertiary alicyclic amines) is 1. The number of amides is 1. The zero-order valence-electron chi connectivity index (χ0n) is 14.3. The predicted molar refractivity (Wildman–Crippen MR) is 88.0 cm³/mol. The second-order valence-electron chi connectivity index (χ2n) is 6.73. The Morgan fingerprint density at radius 3 is 2.70 bits per heavy atom. The fourth-order valence-electron chi connectivity index (χ4n) is 3.71. The van der Waals surface area contributed by atoms with Crippen LogP contribution in [0.1, 0.15) is 37.8 Å². The fourth-order valence-corrected chi connectivity index (χ4v) is 3.71. The van der Waals surface area contributed by atoms with Crippen LogP contribution in [0.15, 0.2) is 18.2 Å². The summed E-state index contributed by atoms with van der Waals surface area (Å²) in [7, 11) is 3.66. The highest BCUT2D eigenvalue weighted by Crippen LogP contribution is 2.33. The van der Waals surface area contributed by atoms with Gasteiger partial charge in [-0.1, -0.05) is 0 Å². The Labute approximate surface area is 138 Å². The first kappa shape index (κ1) is 16.1. The standard InChI is InChI=1S/C18H26N2O3/c1-13(18(21)19(2)3)20-9-4-6-15(20)14-7-8-16-17(12-14)23-11-5-10-22-16/h7-8,12-13,15H,4-6,9-11H2,1-3H3/p+1/t13-,15-/m1/s1. The molecule has 0 radical (unpaired) electrons. The summed E-state index contributed by atoms with van der Waals surface area (Å²) < 4.78 is 11.5. The Hall–Kier alpha value is -1.75. The average molecular weight is 319 g/mol. The van der Waals surface area contributed by atoms with Crippen molar-refractivity contribution in [3.63, 3.8) is 0 Å². The number of ether oxygens (including phenoxy) is 2. The first-order chi connectivity index (χ1) is 11.1. The van der Waals surface area contributed by atoms with Gasteiger partial charge in [0.05, 0.1) is 19.8 Å². The molecule has 0 aromatic heterocycles. The minimum Gasteiger partial charge on any atom is -0.490 e. The van der Waals surface area contributed by atoms with Gasteiger partial charge in [-0.15, -0.1) is 0 Å². The molecule has 2 aliphatic heterocycles. The van der Waals surface area contributed by atoms with Crippen molar-refractivity contribution in [2.24, 2.45) is 0 Å². The van der Waals surface area contributed by atoms with Crippen molar-refractivity contribution in [3.05, 3.63) is 23.8 Å². The minimum atomic E-state index is -0.0199. The van der Waals surface area contributed by atoms with Gasteiger partial charge in [0.2, 0.25) is 0 Å². The van der Waals surface area contributed by atoms with Gasteiger partial charge in [0.15, 0.2) is 17.5 Å². The van der Waals surface area contributed by atoms with E-state index in [1.807, 2.05) is 27.1 Å². The maximum atomic E-state index is 12.3. The molecule has 3 atom stereocenters. The Morgan fingerprint density at radius 1 is 1.22 bits per heavy atom. The molecule has 1 saturated heterocycles. The second kappa shape index (κ2) is 6.79. The van der Waals surface area contributed by atoms with Gasteiger partial charge in [0.1, 0.15) is 6.04 Å². The lowest BCUT2D eigenvalue weighted by molar-refractivity contribution is -0.932. The molecule has 2 heterocycles. The van der Waals surface area contributed by atoms with Crippen LogP contribution < -0.4 is 14.4 Å². The molecule has 1 N–H and O–H groups in total. The Kier molecular flexibility index (Phi) is 4.76. The number of hydrogen-bond donors (Lipinski definition) is 1. The smallest absolute Gasteiger partial charge is 0.280 e. The van der Waals surface area contributed by atoms with Crippen LogP contribution in [-0.2, 0) is 4.79 Å². The molecule has 2 aliphatic rings.